The van der Waals surface area contributed by atoms with Crippen molar-refractivity contribution in [1.29, 1.82) is 0 Å². The summed E-state index contributed by atoms with van der Waals surface area (Å²) in [6.07, 6.45) is 0.237. The summed E-state index contributed by atoms with van der Waals surface area (Å²) in [6, 6.07) is 17.1. The molecule has 1 aliphatic heterocycles. The Morgan fingerprint density at radius 1 is 1.19 bits per heavy atom. The first kappa shape index (κ1) is 18.0. The van der Waals surface area contributed by atoms with E-state index in [1.54, 1.807) is 4.90 Å². The van der Waals surface area contributed by atoms with Crippen LogP contribution in [0.4, 0.5) is 5.69 Å². The Bertz CT molecular complexity index is 759. The summed E-state index contributed by atoms with van der Waals surface area (Å²) in [7, 11) is 0. The van der Waals surface area contributed by atoms with Crippen molar-refractivity contribution in [2.24, 2.45) is 5.92 Å². The minimum atomic E-state index is -0.333. The number of hydrogen-bond donors (Lipinski definition) is 1. The van der Waals surface area contributed by atoms with Gasteiger partial charge in [0.1, 0.15) is 5.75 Å². The molecule has 0 unspecified atom stereocenters. The highest BCUT2D eigenvalue weighted by Crippen LogP contribution is 2.27. The monoisotopic (exact) mass is 352 g/mol. The van der Waals surface area contributed by atoms with Gasteiger partial charge in [-0.05, 0) is 43.7 Å². The first-order chi connectivity index (χ1) is 12.6. The van der Waals surface area contributed by atoms with E-state index >= 15 is 0 Å². The Morgan fingerprint density at radius 3 is 2.54 bits per heavy atom. The zero-order valence-electron chi connectivity index (χ0n) is 15.1. The van der Waals surface area contributed by atoms with Crippen LogP contribution in [-0.2, 0) is 9.59 Å². The van der Waals surface area contributed by atoms with E-state index < -0.39 is 0 Å². The van der Waals surface area contributed by atoms with Crippen LogP contribution in [0.3, 0.4) is 0 Å². The zero-order chi connectivity index (χ0) is 18.5. The van der Waals surface area contributed by atoms with Crippen molar-refractivity contribution in [3.63, 3.8) is 0 Å². The second-order valence-corrected chi connectivity index (χ2v) is 6.47. The van der Waals surface area contributed by atoms with Crippen LogP contribution in [-0.4, -0.2) is 25.0 Å². The van der Waals surface area contributed by atoms with E-state index in [9.17, 15) is 9.59 Å². The first-order valence-electron chi connectivity index (χ1n) is 8.97. The molecule has 3 rings (SSSR count). The number of anilines is 1. The van der Waals surface area contributed by atoms with Crippen molar-refractivity contribution in [2.45, 2.75) is 26.3 Å². The van der Waals surface area contributed by atoms with Crippen molar-refractivity contribution in [1.82, 2.24) is 5.32 Å². The third-order valence-electron chi connectivity index (χ3n) is 4.61. The van der Waals surface area contributed by atoms with Gasteiger partial charge in [0, 0.05) is 18.7 Å². The Morgan fingerprint density at radius 2 is 1.88 bits per heavy atom. The van der Waals surface area contributed by atoms with Crippen molar-refractivity contribution < 1.29 is 14.3 Å². The lowest BCUT2D eigenvalue weighted by molar-refractivity contribution is -0.126. The van der Waals surface area contributed by atoms with E-state index in [0.717, 1.165) is 17.0 Å². The summed E-state index contributed by atoms with van der Waals surface area (Å²) >= 11 is 0. The number of hydrogen-bond acceptors (Lipinski definition) is 3. The smallest absolute Gasteiger partial charge is 0.227 e. The van der Waals surface area contributed by atoms with E-state index in [2.05, 4.69) is 5.32 Å². The number of nitrogens with zero attached hydrogens (tertiary/aromatic N) is 1. The molecule has 1 heterocycles. The molecule has 1 aliphatic rings. The second kappa shape index (κ2) is 8.04. The molecule has 2 aromatic rings. The summed E-state index contributed by atoms with van der Waals surface area (Å²) < 4.78 is 5.43. The molecule has 0 saturated carbocycles. The Balaban J connectivity index is 1.62. The van der Waals surface area contributed by atoms with E-state index in [1.807, 2.05) is 68.4 Å². The van der Waals surface area contributed by atoms with E-state index in [-0.39, 0.29) is 30.2 Å². The van der Waals surface area contributed by atoms with Crippen LogP contribution in [0, 0.1) is 5.92 Å². The molecular weight excluding hydrogens is 328 g/mol. The number of benzene rings is 2. The maximum atomic E-state index is 12.6. The number of carbonyl (C=O) groups excluding carboxylic acids is 2. The van der Waals surface area contributed by atoms with E-state index in [0.29, 0.717) is 13.2 Å². The van der Waals surface area contributed by atoms with Gasteiger partial charge in [-0.15, -0.1) is 0 Å². The van der Waals surface area contributed by atoms with Crippen LogP contribution in [0.1, 0.15) is 31.9 Å². The standard InChI is InChI=1S/C21H24N2O3/c1-3-26-19-11-9-18(10-12-19)23-14-17(13-20(23)24)21(25)22-15(2)16-7-5-4-6-8-16/h4-12,15,17H,3,13-14H2,1-2H3,(H,22,25)/t15-,17-/m1/s1. The van der Waals surface area contributed by atoms with E-state index in [1.165, 1.54) is 0 Å². The molecule has 0 spiro atoms. The molecular formula is C21H24N2O3. The number of amides is 2. The molecule has 136 valence electrons. The SMILES string of the molecule is CCOc1ccc(N2C[C@H](C(=O)N[C@H](C)c3ccccc3)CC2=O)cc1. The normalized spacial score (nSPS) is 17.8. The number of carbonyl (C=O) groups is 2. The fraction of sp³-hybridized carbons (Fsp3) is 0.333. The number of nitrogens with one attached hydrogen (secondary N) is 1. The third-order valence-corrected chi connectivity index (χ3v) is 4.61. The van der Waals surface area contributed by atoms with Crippen molar-refractivity contribution >= 4 is 17.5 Å². The Hall–Kier alpha value is -2.82. The van der Waals surface area contributed by atoms with Crippen molar-refractivity contribution in [3.8, 4) is 5.75 Å². The lowest BCUT2D eigenvalue weighted by Gasteiger charge is -2.19. The van der Waals surface area contributed by atoms with Crippen molar-refractivity contribution in [3.05, 3.63) is 60.2 Å². The van der Waals surface area contributed by atoms with Crippen LogP contribution in [0.25, 0.3) is 0 Å². The van der Waals surface area contributed by atoms with Gasteiger partial charge >= 0.3 is 0 Å². The maximum Gasteiger partial charge on any atom is 0.227 e. The summed E-state index contributed by atoms with van der Waals surface area (Å²) in [5, 5.41) is 3.02. The second-order valence-electron chi connectivity index (χ2n) is 6.47. The average molecular weight is 352 g/mol. The predicted molar refractivity (Wildman–Crippen MR) is 101 cm³/mol. The highest BCUT2D eigenvalue weighted by molar-refractivity contribution is 6.00. The molecule has 0 bridgehead atoms. The quantitative estimate of drug-likeness (QED) is 0.868. The molecule has 26 heavy (non-hydrogen) atoms. The van der Waals surface area contributed by atoms with Gasteiger partial charge in [-0.3, -0.25) is 9.59 Å². The molecule has 2 atom stereocenters. The minimum absolute atomic E-state index is 0.0262. The van der Waals surface area contributed by atoms with Crippen LogP contribution >= 0.6 is 0 Å². The molecule has 5 heteroatoms. The van der Waals surface area contributed by atoms with Gasteiger partial charge < -0.3 is 15.0 Å². The summed E-state index contributed by atoms with van der Waals surface area (Å²) in [6.45, 7) is 4.88. The van der Waals surface area contributed by atoms with Crippen LogP contribution in [0.2, 0.25) is 0 Å². The Kier molecular flexibility index (Phi) is 5.56. The average Bonchev–Trinajstić information content (AvgIpc) is 3.05. The fourth-order valence-electron chi connectivity index (χ4n) is 3.18. The predicted octanol–water partition coefficient (Wildman–Crippen LogP) is 3.32. The van der Waals surface area contributed by atoms with Gasteiger partial charge in [0.2, 0.25) is 11.8 Å². The van der Waals surface area contributed by atoms with Gasteiger partial charge in [0.25, 0.3) is 0 Å². The minimum Gasteiger partial charge on any atom is -0.494 e. The third kappa shape index (κ3) is 4.04. The van der Waals surface area contributed by atoms with Gasteiger partial charge in [-0.1, -0.05) is 30.3 Å². The van der Waals surface area contributed by atoms with E-state index in [4.69, 9.17) is 4.74 Å². The van der Waals surface area contributed by atoms with Gasteiger partial charge in [0.05, 0.1) is 18.6 Å². The molecule has 2 aromatic carbocycles. The Labute approximate surface area is 154 Å². The lowest BCUT2D eigenvalue weighted by Crippen LogP contribution is -2.34. The molecule has 0 aliphatic carbocycles. The summed E-state index contributed by atoms with van der Waals surface area (Å²) in [5.74, 6) is 0.332. The topological polar surface area (TPSA) is 58.6 Å². The molecule has 0 aromatic heterocycles. The van der Waals surface area contributed by atoms with Crippen LogP contribution < -0.4 is 15.0 Å². The number of rotatable bonds is 6. The van der Waals surface area contributed by atoms with Crippen LogP contribution in [0.15, 0.2) is 54.6 Å². The molecule has 1 fully saturated rings. The number of ether oxygens (including phenoxy) is 1. The maximum absolute atomic E-state index is 12.6. The summed E-state index contributed by atoms with van der Waals surface area (Å²) in [5.41, 5.74) is 1.85. The van der Waals surface area contributed by atoms with Crippen LogP contribution in [0.5, 0.6) is 5.75 Å². The zero-order valence-corrected chi connectivity index (χ0v) is 15.1. The molecule has 0 radical (unpaired) electrons. The van der Waals surface area contributed by atoms with Gasteiger partial charge in [0.15, 0.2) is 0 Å². The highest BCUT2D eigenvalue weighted by atomic mass is 16.5. The largest absolute Gasteiger partial charge is 0.494 e. The molecule has 2 amide bonds. The molecule has 1 N–H and O–H groups in total. The molecule has 1 saturated heterocycles. The summed E-state index contributed by atoms with van der Waals surface area (Å²) in [4.78, 5) is 26.6. The fourth-order valence-corrected chi connectivity index (χ4v) is 3.18. The van der Waals surface area contributed by atoms with Crippen molar-refractivity contribution in [2.75, 3.05) is 18.1 Å². The highest BCUT2D eigenvalue weighted by Gasteiger charge is 2.35. The first-order valence-corrected chi connectivity index (χ1v) is 8.97. The van der Waals surface area contributed by atoms with Gasteiger partial charge in [-0.2, -0.15) is 0 Å². The lowest BCUT2D eigenvalue weighted by atomic mass is 10.1. The molecule has 5 nitrogen and oxygen atoms in total. The van der Waals surface area contributed by atoms with Gasteiger partial charge in [-0.25, -0.2) is 0 Å².